The molecule has 1 aromatic heterocycles. The number of hydrogen-bond donors (Lipinski definition) is 1. The van der Waals surface area contributed by atoms with E-state index in [0.29, 0.717) is 0 Å². The summed E-state index contributed by atoms with van der Waals surface area (Å²) < 4.78 is 0. The van der Waals surface area contributed by atoms with Crippen LogP contribution in [0.15, 0.2) is 43.0 Å². The number of hydrogen-bond acceptors (Lipinski definition) is 3. The quantitative estimate of drug-likeness (QED) is 0.900. The topological polar surface area (TPSA) is 46.0 Å². The van der Waals surface area contributed by atoms with Crippen molar-refractivity contribution >= 4 is 0 Å². The standard InChI is InChI=1S/C15H18N2O/c1-11(2)15(18,14-8-16-10-17-9-14)13-6-4-12(3)5-7-13/h4-11,18H,1-3H3. The number of benzene rings is 1. The lowest BCUT2D eigenvalue weighted by Gasteiger charge is -2.32. The average Bonchev–Trinajstić information content (AvgIpc) is 2.39. The molecule has 1 N–H and O–H groups in total. The van der Waals surface area contributed by atoms with E-state index >= 15 is 0 Å². The van der Waals surface area contributed by atoms with Crippen molar-refractivity contribution in [2.45, 2.75) is 26.4 Å². The lowest BCUT2D eigenvalue weighted by molar-refractivity contribution is 0.0311. The lowest BCUT2D eigenvalue weighted by Crippen LogP contribution is -2.33. The average molecular weight is 242 g/mol. The predicted molar refractivity (Wildman–Crippen MR) is 71.0 cm³/mol. The van der Waals surface area contributed by atoms with Crippen LogP contribution in [-0.4, -0.2) is 15.1 Å². The van der Waals surface area contributed by atoms with Crippen LogP contribution in [-0.2, 0) is 5.60 Å². The van der Waals surface area contributed by atoms with Gasteiger partial charge in [0.1, 0.15) is 11.9 Å². The largest absolute Gasteiger partial charge is 0.380 e. The molecule has 0 radical (unpaired) electrons. The Balaban J connectivity index is 2.54. The van der Waals surface area contributed by atoms with Gasteiger partial charge in [0.25, 0.3) is 0 Å². The SMILES string of the molecule is Cc1ccc(C(O)(c2cncnc2)C(C)C)cc1. The molecule has 94 valence electrons. The Kier molecular flexibility index (Phi) is 3.43. The van der Waals surface area contributed by atoms with Crippen LogP contribution in [0.3, 0.4) is 0 Å². The van der Waals surface area contributed by atoms with Crippen molar-refractivity contribution in [3.8, 4) is 0 Å². The zero-order valence-electron chi connectivity index (χ0n) is 11.0. The molecule has 0 fully saturated rings. The van der Waals surface area contributed by atoms with E-state index in [-0.39, 0.29) is 5.92 Å². The van der Waals surface area contributed by atoms with E-state index in [9.17, 15) is 5.11 Å². The van der Waals surface area contributed by atoms with Gasteiger partial charge in [-0.25, -0.2) is 9.97 Å². The van der Waals surface area contributed by atoms with Crippen LogP contribution in [0.4, 0.5) is 0 Å². The zero-order chi connectivity index (χ0) is 13.2. The highest BCUT2D eigenvalue weighted by molar-refractivity contribution is 5.35. The van der Waals surface area contributed by atoms with E-state index in [2.05, 4.69) is 9.97 Å². The Bertz CT molecular complexity index is 508. The summed E-state index contributed by atoms with van der Waals surface area (Å²) >= 11 is 0. The molecular formula is C15H18N2O. The van der Waals surface area contributed by atoms with Crippen molar-refractivity contribution in [2.24, 2.45) is 5.92 Å². The van der Waals surface area contributed by atoms with Crippen molar-refractivity contribution in [3.05, 3.63) is 59.7 Å². The molecular weight excluding hydrogens is 224 g/mol. The highest BCUT2D eigenvalue weighted by atomic mass is 16.3. The second-order valence-corrected chi connectivity index (χ2v) is 4.91. The second kappa shape index (κ2) is 4.86. The van der Waals surface area contributed by atoms with Crippen LogP contribution in [0.2, 0.25) is 0 Å². The highest BCUT2D eigenvalue weighted by Gasteiger charge is 2.35. The van der Waals surface area contributed by atoms with Crippen LogP contribution in [0.1, 0.15) is 30.5 Å². The maximum absolute atomic E-state index is 11.0. The third kappa shape index (κ3) is 2.14. The van der Waals surface area contributed by atoms with Crippen LogP contribution < -0.4 is 0 Å². The normalized spacial score (nSPS) is 14.5. The molecule has 0 spiro atoms. The third-order valence-corrected chi connectivity index (χ3v) is 3.33. The van der Waals surface area contributed by atoms with Crippen molar-refractivity contribution in [1.29, 1.82) is 0 Å². The smallest absolute Gasteiger partial charge is 0.120 e. The van der Waals surface area contributed by atoms with Gasteiger partial charge in [-0.1, -0.05) is 43.7 Å². The first kappa shape index (κ1) is 12.7. The van der Waals surface area contributed by atoms with Crippen molar-refractivity contribution in [2.75, 3.05) is 0 Å². The third-order valence-electron chi connectivity index (χ3n) is 3.33. The summed E-state index contributed by atoms with van der Waals surface area (Å²) in [5.41, 5.74) is 1.73. The summed E-state index contributed by atoms with van der Waals surface area (Å²) in [6, 6.07) is 7.93. The molecule has 0 aliphatic carbocycles. The molecule has 0 aliphatic heterocycles. The first-order chi connectivity index (χ1) is 8.55. The van der Waals surface area contributed by atoms with Gasteiger partial charge in [-0.05, 0) is 18.4 Å². The van der Waals surface area contributed by atoms with Crippen LogP contribution in [0.25, 0.3) is 0 Å². The molecule has 1 atom stereocenters. The number of nitrogens with zero attached hydrogens (tertiary/aromatic N) is 2. The van der Waals surface area contributed by atoms with E-state index in [4.69, 9.17) is 0 Å². The van der Waals surface area contributed by atoms with Crippen LogP contribution in [0.5, 0.6) is 0 Å². The molecule has 18 heavy (non-hydrogen) atoms. The van der Waals surface area contributed by atoms with E-state index in [1.165, 1.54) is 11.9 Å². The van der Waals surface area contributed by atoms with Gasteiger partial charge in [0, 0.05) is 18.0 Å². The number of aromatic nitrogens is 2. The monoisotopic (exact) mass is 242 g/mol. The molecule has 1 heterocycles. The van der Waals surface area contributed by atoms with E-state index in [0.717, 1.165) is 11.1 Å². The van der Waals surface area contributed by atoms with Gasteiger partial charge in [0.05, 0.1) is 0 Å². The van der Waals surface area contributed by atoms with Gasteiger partial charge >= 0.3 is 0 Å². The summed E-state index contributed by atoms with van der Waals surface area (Å²) in [4.78, 5) is 8.01. The highest BCUT2D eigenvalue weighted by Crippen LogP contribution is 2.35. The fourth-order valence-corrected chi connectivity index (χ4v) is 2.14. The predicted octanol–water partition coefficient (Wildman–Crippen LogP) is 2.68. The summed E-state index contributed by atoms with van der Waals surface area (Å²) in [6.07, 6.45) is 4.82. The lowest BCUT2D eigenvalue weighted by atomic mass is 9.79. The molecule has 0 saturated heterocycles. The second-order valence-electron chi connectivity index (χ2n) is 4.91. The summed E-state index contributed by atoms with van der Waals surface area (Å²) in [7, 11) is 0. The summed E-state index contributed by atoms with van der Waals surface area (Å²) in [5, 5.41) is 11.0. The Morgan fingerprint density at radius 2 is 1.56 bits per heavy atom. The molecule has 2 rings (SSSR count). The Hall–Kier alpha value is -1.74. The van der Waals surface area contributed by atoms with Crippen LogP contribution >= 0.6 is 0 Å². The zero-order valence-corrected chi connectivity index (χ0v) is 11.0. The molecule has 1 aromatic carbocycles. The Morgan fingerprint density at radius 3 is 2.06 bits per heavy atom. The molecule has 0 saturated carbocycles. The molecule has 0 aliphatic rings. The Morgan fingerprint density at radius 1 is 1.00 bits per heavy atom. The number of aliphatic hydroxyl groups is 1. The van der Waals surface area contributed by atoms with Gasteiger partial charge in [-0.2, -0.15) is 0 Å². The maximum Gasteiger partial charge on any atom is 0.120 e. The van der Waals surface area contributed by atoms with Crippen molar-refractivity contribution in [3.63, 3.8) is 0 Å². The van der Waals surface area contributed by atoms with Crippen molar-refractivity contribution < 1.29 is 5.11 Å². The van der Waals surface area contributed by atoms with Gasteiger partial charge in [0.15, 0.2) is 0 Å². The Labute approximate surface area is 108 Å². The number of rotatable bonds is 3. The number of aryl methyl sites for hydroxylation is 1. The van der Waals surface area contributed by atoms with E-state index < -0.39 is 5.60 Å². The molecule has 3 heteroatoms. The first-order valence-electron chi connectivity index (χ1n) is 6.10. The van der Waals surface area contributed by atoms with Gasteiger partial charge in [0.2, 0.25) is 0 Å². The van der Waals surface area contributed by atoms with Gasteiger partial charge < -0.3 is 5.11 Å². The van der Waals surface area contributed by atoms with Crippen LogP contribution in [0, 0.1) is 12.8 Å². The van der Waals surface area contributed by atoms with Crippen molar-refractivity contribution in [1.82, 2.24) is 9.97 Å². The minimum atomic E-state index is -1.05. The minimum absolute atomic E-state index is 0.0335. The van der Waals surface area contributed by atoms with Gasteiger partial charge in [-0.15, -0.1) is 0 Å². The van der Waals surface area contributed by atoms with Gasteiger partial charge in [-0.3, -0.25) is 0 Å². The summed E-state index contributed by atoms with van der Waals surface area (Å²) in [5.74, 6) is 0.0335. The van der Waals surface area contributed by atoms with E-state index in [1.807, 2.05) is 45.0 Å². The maximum atomic E-state index is 11.0. The molecule has 0 amide bonds. The summed E-state index contributed by atoms with van der Waals surface area (Å²) in [6.45, 7) is 6.02. The molecule has 2 aromatic rings. The fourth-order valence-electron chi connectivity index (χ4n) is 2.14. The first-order valence-corrected chi connectivity index (χ1v) is 6.10. The molecule has 0 bridgehead atoms. The molecule has 1 unspecified atom stereocenters. The minimum Gasteiger partial charge on any atom is -0.380 e. The van der Waals surface area contributed by atoms with E-state index in [1.54, 1.807) is 12.4 Å². The fraction of sp³-hybridized carbons (Fsp3) is 0.333. The molecule has 3 nitrogen and oxygen atoms in total.